The molecule has 0 saturated carbocycles. The van der Waals surface area contributed by atoms with Gasteiger partial charge in [0.2, 0.25) is 0 Å². The standard InChI is InChI=1S/C21H31F2N5O.HI/c1-2-24-21(25-11-18-13-27-8-3-4-17(27)14-29-18)26-16-7-9-28(12-16)20-6-5-15(22)10-19(20)23;/h5-6,10,16-18H,2-4,7-9,11-14H2,1H3,(H2,24,25,26);1H. The average molecular weight is 535 g/mol. The van der Waals surface area contributed by atoms with Crippen LogP contribution in [0.5, 0.6) is 0 Å². The molecule has 30 heavy (non-hydrogen) atoms. The molecule has 3 aliphatic rings. The maximum atomic E-state index is 14.1. The van der Waals surface area contributed by atoms with E-state index in [-0.39, 0.29) is 36.1 Å². The van der Waals surface area contributed by atoms with Crippen molar-refractivity contribution in [3.63, 3.8) is 0 Å². The first-order valence-electron chi connectivity index (χ1n) is 10.7. The molecule has 168 valence electrons. The molecule has 0 spiro atoms. The normalized spacial score (nSPS) is 27.0. The predicted octanol–water partition coefficient (Wildman–Crippen LogP) is 2.58. The Labute approximate surface area is 194 Å². The number of hydrogen-bond donors (Lipinski definition) is 2. The van der Waals surface area contributed by atoms with Gasteiger partial charge >= 0.3 is 0 Å². The zero-order valence-electron chi connectivity index (χ0n) is 17.4. The molecular weight excluding hydrogens is 503 g/mol. The van der Waals surface area contributed by atoms with Crippen LogP contribution in [0, 0.1) is 11.6 Å². The minimum atomic E-state index is -0.549. The second-order valence-corrected chi connectivity index (χ2v) is 8.14. The number of nitrogens with one attached hydrogen (secondary N) is 2. The Bertz CT molecular complexity index is 737. The van der Waals surface area contributed by atoms with Crippen LogP contribution in [0.4, 0.5) is 14.5 Å². The molecule has 3 atom stereocenters. The number of aliphatic imine (C=N–C) groups is 1. The number of anilines is 1. The molecule has 0 aliphatic carbocycles. The Hall–Kier alpha value is -1.20. The fourth-order valence-corrected chi connectivity index (χ4v) is 4.54. The number of halogens is 3. The minimum absolute atomic E-state index is 0. The smallest absolute Gasteiger partial charge is 0.191 e. The van der Waals surface area contributed by atoms with Gasteiger partial charge in [-0.15, -0.1) is 24.0 Å². The molecule has 0 radical (unpaired) electrons. The summed E-state index contributed by atoms with van der Waals surface area (Å²) in [5.74, 6) is -0.293. The van der Waals surface area contributed by atoms with E-state index in [9.17, 15) is 8.78 Å². The van der Waals surface area contributed by atoms with Crippen molar-refractivity contribution in [2.75, 3.05) is 50.8 Å². The maximum Gasteiger partial charge on any atom is 0.191 e. The zero-order valence-corrected chi connectivity index (χ0v) is 19.8. The minimum Gasteiger partial charge on any atom is -0.373 e. The number of rotatable bonds is 5. The number of hydrogen-bond acceptors (Lipinski definition) is 4. The van der Waals surface area contributed by atoms with E-state index < -0.39 is 11.6 Å². The Morgan fingerprint density at radius 1 is 1.23 bits per heavy atom. The Morgan fingerprint density at radius 2 is 2.10 bits per heavy atom. The fourth-order valence-electron chi connectivity index (χ4n) is 4.54. The van der Waals surface area contributed by atoms with Crippen LogP contribution in [0.1, 0.15) is 26.2 Å². The highest BCUT2D eigenvalue weighted by molar-refractivity contribution is 14.0. The molecule has 0 amide bonds. The molecule has 3 unspecified atom stereocenters. The van der Waals surface area contributed by atoms with Crippen molar-refractivity contribution in [3.8, 4) is 0 Å². The lowest BCUT2D eigenvalue weighted by atomic mass is 10.2. The maximum absolute atomic E-state index is 14.1. The van der Waals surface area contributed by atoms with E-state index in [0.717, 1.165) is 44.7 Å². The first-order valence-corrected chi connectivity index (χ1v) is 10.7. The van der Waals surface area contributed by atoms with Gasteiger partial charge in [-0.25, -0.2) is 8.78 Å². The number of benzene rings is 1. The molecule has 1 aromatic rings. The van der Waals surface area contributed by atoms with Crippen LogP contribution in [0.3, 0.4) is 0 Å². The quantitative estimate of drug-likeness (QED) is 0.345. The first-order chi connectivity index (χ1) is 14.1. The molecule has 2 N–H and O–H groups in total. The molecule has 1 aromatic carbocycles. The number of fused-ring (bicyclic) bond motifs is 1. The van der Waals surface area contributed by atoms with Crippen LogP contribution in [-0.2, 0) is 4.74 Å². The third-order valence-electron chi connectivity index (χ3n) is 6.04. The summed E-state index contributed by atoms with van der Waals surface area (Å²) >= 11 is 0. The molecule has 0 bridgehead atoms. The van der Waals surface area contributed by atoms with Gasteiger partial charge in [0.1, 0.15) is 11.6 Å². The SMILES string of the molecule is CCNC(=NCC1CN2CCCC2CO1)NC1CCN(c2ccc(F)cc2F)C1.I. The molecule has 3 aliphatic heterocycles. The van der Waals surface area contributed by atoms with Gasteiger partial charge in [0.15, 0.2) is 5.96 Å². The highest BCUT2D eigenvalue weighted by atomic mass is 127. The van der Waals surface area contributed by atoms with Gasteiger partial charge in [-0.2, -0.15) is 0 Å². The van der Waals surface area contributed by atoms with Crippen LogP contribution >= 0.6 is 24.0 Å². The van der Waals surface area contributed by atoms with Crippen LogP contribution in [0.2, 0.25) is 0 Å². The van der Waals surface area contributed by atoms with Crippen LogP contribution in [0.15, 0.2) is 23.2 Å². The third kappa shape index (κ3) is 5.73. The molecule has 9 heteroatoms. The van der Waals surface area contributed by atoms with E-state index in [2.05, 4.69) is 15.5 Å². The summed E-state index contributed by atoms with van der Waals surface area (Å²) in [6, 6.07) is 4.51. The summed E-state index contributed by atoms with van der Waals surface area (Å²) in [4.78, 5) is 9.22. The van der Waals surface area contributed by atoms with Gasteiger partial charge in [0, 0.05) is 44.3 Å². The molecule has 3 saturated heterocycles. The van der Waals surface area contributed by atoms with Gasteiger partial charge in [-0.1, -0.05) is 0 Å². The zero-order chi connectivity index (χ0) is 20.2. The highest BCUT2D eigenvalue weighted by Gasteiger charge is 2.32. The highest BCUT2D eigenvalue weighted by Crippen LogP contribution is 2.25. The first kappa shape index (κ1) is 23.5. The molecule has 3 fully saturated rings. The average Bonchev–Trinajstić information content (AvgIpc) is 3.35. The summed E-state index contributed by atoms with van der Waals surface area (Å²) < 4.78 is 33.2. The van der Waals surface area contributed by atoms with E-state index in [1.165, 1.54) is 31.5 Å². The van der Waals surface area contributed by atoms with E-state index >= 15 is 0 Å². The lowest BCUT2D eigenvalue weighted by Gasteiger charge is -2.34. The summed E-state index contributed by atoms with van der Waals surface area (Å²) in [5.41, 5.74) is 0.452. The monoisotopic (exact) mass is 535 g/mol. The van der Waals surface area contributed by atoms with Crippen molar-refractivity contribution in [1.82, 2.24) is 15.5 Å². The second kappa shape index (κ2) is 10.9. The molecule has 0 aromatic heterocycles. The molecule has 4 rings (SSSR count). The van der Waals surface area contributed by atoms with Gasteiger partial charge < -0.3 is 20.3 Å². The van der Waals surface area contributed by atoms with Crippen molar-refractivity contribution in [2.45, 2.75) is 44.4 Å². The molecular formula is C21H32F2IN5O. The van der Waals surface area contributed by atoms with E-state index in [0.29, 0.717) is 24.8 Å². The number of ether oxygens (including phenoxy) is 1. The summed E-state index contributed by atoms with van der Waals surface area (Å²) in [5, 5.41) is 6.76. The van der Waals surface area contributed by atoms with Gasteiger partial charge in [-0.3, -0.25) is 9.89 Å². The third-order valence-corrected chi connectivity index (χ3v) is 6.04. The number of guanidine groups is 1. The lowest BCUT2D eigenvalue weighted by Crippen LogP contribution is -2.48. The van der Waals surface area contributed by atoms with E-state index in [1.54, 1.807) is 0 Å². The van der Waals surface area contributed by atoms with Gasteiger partial charge in [-0.05, 0) is 44.9 Å². The van der Waals surface area contributed by atoms with E-state index in [1.807, 2.05) is 11.8 Å². The van der Waals surface area contributed by atoms with Crippen LogP contribution < -0.4 is 15.5 Å². The molecule has 3 heterocycles. The predicted molar refractivity (Wildman–Crippen MR) is 126 cm³/mol. The van der Waals surface area contributed by atoms with Crippen molar-refractivity contribution >= 4 is 35.6 Å². The van der Waals surface area contributed by atoms with Crippen molar-refractivity contribution < 1.29 is 13.5 Å². The Balaban J connectivity index is 0.00000256. The summed E-state index contributed by atoms with van der Waals surface area (Å²) in [6.45, 7) is 7.75. The number of morpholine rings is 1. The van der Waals surface area contributed by atoms with E-state index in [4.69, 9.17) is 9.73 Å². The van der Waals surface area contributed by atoms with Crippen LogP contribution in [0.25, 0.3) is 0 Å². The Kier molecular flexibility index (Phi) is 8.52. The summed E-state index contributed by atoms with van der Waals surface area (Å²) in [6.07, 6.45) is 3.51. The fraction of sp³-hybridized carbons (Fsp3) is 0.667. The second-order valence-electron chi connectivity index (χ2n) is 8.14. The lowest BCUT2D eigenvalue weighted by molar-refractivity contribution is -0.0432. The van der Waals surface area contributed by atoms with Crippen LogP contribution in [-0.4, -0.2) is 74.9 Å². The molecule has 6 nitrogen and oxygen atoms in total. The number of nitrogens with zero attached hydrogens (tertiary/aromatic N) is 3. The summed E-state index contributed by atoms with van der Waals surface area (Å²) in [7, 11) is 0. The van der Waals surface area contributed by atoms with Gasteiger partial charge in [0.25, 0.3) is 0 Å². The van der Waals surface area contributed by atoms with Crippen molar-refractivity contribution in [3.05, 3.63) is 29.8 Å². The van der Waals surface area contributed by atoms with Crippen molar-refractivity contribution in [2.24, 2.45) is 4.99 Å². The Morgan fingerprint density at radius 3 is 2.90 bits per heavy atom. The largest absolute Gasteiger partial charge is 0.373 e. The topological polar surface area (TPSA) is 52.1 Å². The van der Waals surface area contributed by atoms with Gasteiger partial charge in [0.05, 0.1) is 24.9 Å². The van der Waals surface area contributed by atoms with Crippen molar-refractivity contribution in [1.29, 1.82) is 0 Å².